The molecule has 1 aromatic heterocycles. The molecule has 1 aromatic carbocycles. The van der Waals surface area contributed by atoms with Crippen molar-refractivity contribution in [2.75, 3.05) is 25.0 Å². The van der Waals surface area contributed by atoms with Gasteiger partial charge in [0.25, 0.3) is 0 Å². The minimum absolute atomic E-state index is 0.0242. The van der Waals surface area contributed by atoms with Gasteiger partial charge in [-0.1, -0.05) is 6.58 Å². The number of likely N-dealkylation sites (tertiary alicyclic amines) is 1. The van der Waals surface area contributed by atoms with Crippen molar-refractivity contribution < 1.29 is 9.53 Å². The van der Waals surface area contributed by atoms with Crippen LogP contribution in [0.4, 0.5) is 10.5 Å². The first kappa shape index (κ1) is 14.8. The zero-order valence-corrected chi connectivity index (χ0v) is 13.4. The molecule has 6 heteroatoms. The monoisotopic (exact) mass is 324 g/mol. The fourth-order valence-electron chi connectivity index (χ4n) is 3.11. The molecule has 24 heavy (non-hydrogen) atoms. The minimum atomic E-state index is -0.0242. The fourth-order valence-corrected chi connectivity index (χ4v) is 3.11. The highest BCUT2D eigenvalue weighted by Crippen LogP contribution is 2.30. The number of nitrogens with zero attached hydrogens (tertiary/aromatic N) is 3. The molecule has 1 N–H and O–H groups in total. The van der Waals surface area contributed by atoms with Gasteiger partial charge in [-0.25, -0.2) is 9.78 Å². The Morgan fingerprint density at radius 2 is 2.25 bits per heavy atom. The molecule has 2 aromatic rings. The number of aromatic nitrogens is 2. The third kappa shape index (κ3) is 2.87. The van der Waals surface area contributed by atoms with Crippen LogP contribution in [0.1, 0.15) is 12.0 Å². The molecule has 0 atom stereocenters. The molecular formula is C18H20N4O2. The van der Waals surface area contributed by atoms with Crippen molar-refractivity contribution in [1.29, 1.82) is 0 Å². The largest absolute Gasteiger partial charge is 0.493 e. The van der Waals surface area contributed by atoms with E-state index in [1.165, 1.54) is 16.5 Å². The average Bonchev–Trinajstić information content (AvgIpc) is 3.07. The molecule has 4 rings (SSSR count). The summed E-state index contributed by atoms with van der Waals surface area (Å²) >= 11 is 0. The van der Waals surface area contributed by atoms with Gasteiger partial charge in [-0.05, 0) is 36.6 Å². The van der Waals surface area contributed by atoms with Gasteiger partial charge in [-0.2, -0.15) is 0 Å². The van der Waals surface area contributed by atoms with E-state index in [-0.39, 0.29) is 6.03 Å². The molecule has 1 saturated heterocycles. The lowest BCUT2D eigenvalue weighted by Gasteiger charge is -2.38. The Balaban J connectivity index is 1.28. The molecule has 124 valence electrons. The van der Waals surface area contributed by atoms with Crippen LogP contribution in [0.2, 0.25) is 0 Å². The number of rotatable bonds is 3. The van der Waals surface area contributed by atoms with Gasteiger partial charge in [-0.15, -0.1) is 0 Å². The van der Waals surface area contributed by atoms with Crippen molar-refractivity contribution in [3.05, 3.63) is 54.8 Å². The first-order chi connectivity index (χ1) is 11.7. The number of hydrogen-bond donors (Lipinski definition) is 1. The number of benzene rings is 1. The highest BCUT2D eigenvalue weighted by molar-refractivity contribution is 5.77. The molecule has 0 saturated carbocycles. The van der Waals surface area contributed by atoms with Crippen LogP contribution in [-0.4, -0.2) is 40.2 Å². The van der Waals surface area contributed by atoms with Crippen LogP contribution in [0.15, 0.2) is 49.2 Å². The third-order valence-corrected chi connectivity index (χ3v) is 4.52. The predicted molar refractivity (Wildman–Crippen MR) is 91.1 cm³/mol. The Bertz CT molecular complexity index is 763. The first-order valence-corrected chi connectivity index (χ1v) is 8.17. The van der Waals surface area contributed by atoms with Gasteiger partial charge in [0, 0.05) is 42.8 Å². The summed E-state index contributed by atoms with van der Waals surface area (Å²) in [4.78, 5) is 17.8. The summed E-state index contributed by atoms with van der Waals surface area (Å²) < 4.78 is 7.42. The Hall–Kier alpha value is -2.76. The summed E-state index contributed by atoms with van der Waals surface area (Å²) in [7, 11) is 0. The van der Waals surface area contributed by atoms with Gasteiger partial charge in [0.05, 0.1) is 6.61 Å². The number of carbonyl (C=O) groups is 1. The summed E-state index contributed by atoms with van der Waals surface area (Å²) in [6.45, 7) is 6.06. The molecule has 0 aliphatic carbocycles. The number of nitrogens with one attached hydrogen (secondary N) is 1. The Morgan fingerprint density at radius 1 is 1.38 bits per heavy atom. The SMILES string of the molecule is C=C1CCc2cc(OCC3CN(C(=O)n4ccnc4)C3)ccc2N1. The lowest BCUT2D eigenvalue weighted by molar-refractivity contribution is 0.0863. The van der Waals surface area contributed by atoms with E-state index in [9.17, 15) is 4.79 Å². The number of ether oxygens (including phenoxy) is 1. The molecule has 0 unspecified atom stereocenters. The van der Waals surface area contributed by atoms with Crippen LogP contribution in [0.5, 0.6) is 5.75 Å². The van der Waals surface area contributed by atoms with E-state index in [2.05, 4.69) is 22.9 Å². The number of amides is 1. The number of carbonyl (C=O) groups excluding carboxylic acids is 1. The standard InChI is InChI=1S/C18H20N4O2/c1-13-2-3-15-8-16(4-5-17(15)20-13)24-11-14-9-22(10-14)18(23)21-7-6-19-12-21/h4-8,12,14,20H,1-3,9-11H2. The Morgan fingerprint density at radius 3 is 3.04 bits per heavy atom. The Kier molecular flexibility index (Phi) is 3.72. The van der Waals surface area contributed by atoms with Crippen molar-refractivity contribution in [3.63, 3.8) is 0 Å². The fraction of sp³-hybridized carbons (Fsp3) is 0.333. The smallest absolute Gasteiger partial charge is 0.329 e. The third-order valence-electron chi connectivity index (χ3n) is 4.52. The molecule has 0 spiro atoms. The van der Waals surface area contributed by atoms with Crippen molar-refractivity contribution in [3.8, 4) is 5.75 Å². The summed E-state index contributed by atoms with van der Waals surface area (Å²) in [5.74, 6) is 1.27. The van der Waals surface area contributed by atoms with Crippen LogP contribution in [-0.2, 0) is 6.42 Å². The van der Waals surface area contributed by atoms with Gasteiger partial charge in [-0.3, -0.25) is 4.57 Å². The zero-order chi connectivity index (χ0) is 16.5. The lowest BCUT2D eigenvalue weighted by Crippen LogP contribution is -2.53. The average molecular weight is 324 g/mol. The molecular weight excluding hydrogens is 304 g/mol. The molecule has 0 bridgehead atoms. The van der Waals surface area contributed by atoms with Gasteiger partial charge in [0.1, 0.15) is 12.1 Å². The molecule has 6 nitrogen and oxygen atoms in total. The van der Waals surface area contributed by atoms with Crippen LogP contribution in [0.3, 0.4) is 0 Å². The second-order valence-corrected chi connectivity index (χ2v) is 6.38. The van der Waals surface area contributed by atoms with E-state index in [1.807, 2.05) is 12.1 Å². The number of allylic oxidation sites excluding steroid dienone is 1. The molecule has 0 radical (unpaired) electrons. The van der Waals surface area contributed by atoms with Gasteiger partial charge in [0.15, 0.2) is 0 Å². The number of hydrogen-bond acceptors (Lipinski definition) is 4. The van der Waals surface area contributed by atoms with E-state index >= 15 is 0 Å². The quantitative estimate of drug-likeness (QED) is 0.943. The second-order valence-electron chi connectivity index (χ2n) is 6.38. The molecule has 3 heterocycles. The number of anilines is 1. The summed E-state index contributed by atoms with van der Waals surface area (Å²) in [5, 5.41) is 3.30. The summed E-state index contributed by atoms with van der Waals surface area (Å²) in [6.07, 6.45) is 6.77. The first-order valence-electron chi connectivity index (χ1n) is 8.17. The number of fused-ring (bicyclic) bond motifs is 1. The van der Waals surface area contributed by atoms with E-state index in [0.29, 0.717) is 12.5 Å². The highest BCUT2D eigenvalue weighted by atomic mass is 16.5. The van der Waals surface area contributed by atoms with Crippen molar-refractivity contribution in [1.82, 2.24) is 14.5 Å². The van der Waals surface area contributed by atoms with Crippen LogP contribution in [0.25, 0.3) is 0 Å². The maximum atomic E-state index is 12.1. The predicted octanol–water partition coefficient (Wildman–Crippen LogP) is 2.73. The number of imidazole rings is 1. The summed E-state index contributed by atoms with van der Waals surface area (Å²) in [6, 6.07) is 6.10. The van der Waals surface area contributed by atoms with Gasteiger partial charge in [0.2, 0.25) is 0 Å². The van der Waals surface area contributed by atoms with Gasteiger partial charge < -0.3 is 15.0 Å². The lowest BCUT2D eigenvalue weighted by atomic mass is 10.0. The van der Waals surface area contributed by atoms with Crippen LogP contribution >= 0.6 is 0 Å². The van der Waals surface area contributed by atoms with E-state index < -0.39 is 0 Å². The van der Waals surface area contributed by atoms with Crippen molar-refractivity contribution in [2.24, 2.45) is 5.92 Å². The van der Waals surface area contributed by atoms with E-state index in [4.69, 9.17) is 4.74 Å². The maximum absolute atomic E-state index is 12.1. The van der Waals surface area contributed by atoms with Crippen molar-refractivity contribution >= 4 is 11.7 Å². The maximum Gasteiger partial charge on any atom is 0.329 e. The normalized spacial score (nSPS) is 17.0. The number of aryl methyl sites for hydroxylation is 1. The molecule has 2 aliphatic heterocycles. The van der Waals surface area contributed by atoms with Crippen molar-refractivity contribution in [2.45, 2.75) is 12.8 Å². The van der Waals surface area contributed by atoms with Crippen LogP contribution < -0.4 is 10.1 Å². The minimum Gasteiger partial charge on any atom is -0.493 e. The zero-order valence-electron chi connectivity index (χ0n) is 13.4. The van der Waals surface area contributed by atoms with Gasteiger partial charge >= 0.3 is 6.03 Å². The molecule has 1 fully saturated rings. The van der Waals surface area contributed by atoms with E-state index in [0.717, 1.165) is 43.1 Å². The highest BCUT2D eigenvalue weighted by Gasteiger charge is 2.31. The molecule has 2 aliphatic rings. The van der Waals surface area contributed by atoms with E-state index in [1.54, 1.807) is 17.3 Å². The second kappa shape index (κ2) is 6.03. The Labute approximate surface area is 140 Å². The van der Waals surface area contributed by atoms with Crippen LogP contribution in [0, 0.1) is 5.92 Å². The topological polar surface area (TPSA) is 59.4 Å². The molecule has 1 amide bonds. The summed E-state index contributed by atoms with van der Waals surface area (Å²) in [5.41, 5.74) is 3.46.